The number of carbonyl (C=O) groups is 1. The van der Waals surface area contributed by atoms with E-state index in [4.69, 9.17) is 4.42 Å². The lowest BCUT2D eigenvalue weighted by Crippen LogP contribution is -2.36. The number of alkyl halides is 3. The summed E-state index contributed by atoms with van der Waals surface area (Å²) in [4.78, 5) is 12.6. The van der Waals surface area contributed by atoms with Gasteiger partial charge < -0.3 is 15.1 Å². The topological polar surface area (TPSA) is 72.1 Å². The molecule has 152 valence electrons. The Labute approximate surface area is 172 Å². The van der Waals surface area contributed by atoms with E-state index in [9.17, 15) is 18.0 Å². The maximum absolute atomic E-state index is 13.7. The minimum absolute atomic E-state index is 0.0449. The van der Waals surface area contributed by atoms with Crippen LogP contribution in [0.1, 0.15) is 40.2 Å². The first-order chi connectivity index (χ1) is 13.8. The van der Waals surface area contributed by atoms with Gasteiger partial charge in [0.15, 0.2) is 6.04 Å². The second-order valence-corrected chi connectivity index (χ2v) is 7.57. The second kappa shape index (κ2) is 7.58. The van der Waals surface area contributed by atoms with Crippen molar-refractivity contribution in [3.05, 3.63) is 70.2 Å². The van der Waals surface area contributed by atoms with Crippen LogP contribution in [0.4, 0.5) is 19.0 Å². The molecule has 0 saturated carbocycles. The van der Waals surface area contributed by atoms with Crippen LogP contribution in [0.3, 0.4) is 0 Å². The zero-order valence-corrected chi connectivity index (χ0v) is 16.5. The van der Waals surface area contributed by atoms with Crippen LogP contribution in [0.25, 0.3) is 0 Å². The molecule has 0 bridgehead atoms. The maximum Gasteiger partial charge on any atom is 0.410 e. The molecule has 10 heteroatoms. The highest BCUT2D eigenvalue weighted by atomic mass is 79.9. The summed E-state index contributed by atoms with van der Waals surface area (Å²) < 4.78 is 48.0. The average molecular weight is 469 g/mol. The Hall–Kier alpha value is -2.75. The van der Waals surface area contributed by atoms with Crippen molar-refractivity contribution >= 4 is 27.7 Å². The lowest BCUT2D eigenvalue weighted by Gasteiger charge is -2.34. The monoisotopic (exact) mass is 468 g/mol. The van der Waals surface area contributed by atoms with Crippen molar-refractivity contribution in [2.75, 3.05) is 5.32 Å². The summed E-state index contributed by atoms with van der Waals surface area (Å²) in [7, 11) is 0. The third-order valence-corrected chi connectivity index (χ3v) is 5.29. The molecular weight excluding hydrogens is 453 g/mol. The van der Waals surface area contributed by atoms with Gasteiger partial charge in [0.05, 0.1) is 25.0 Å². The Kier molecular flexibility index (Phi) is 5.12. The molecule has 2 atom stereocenters. The number of rotatable bonds is 4. The van der Waals surface area contributed by atoms with Crippen LogP contribution in [0, 0.1) is 0 Å². The Bertz CT molecular complexity index is 1000. The zero-order chi connectivity index (χ0) is 20.6. The van der Waals surface area contributed by atoms with Crippen LogP contribution in [0.2, 0.25) is 0 Å². The summed E-state index contributed by atoms with van der Waals surface area (Å²) in [5.74, 6) is 0.0456. The van der Waals surface area contributed by atoms with E-state index in [1.165, 1.54) is 6.26 Å². The predicted octanol–water partition coefficient (Wildman–Crippen LogP) is 4.83. The molecule has 2 aromatic heterocycles. The van der Waals surface area contributed by atoms with Gasteiger partial charge in [-0.15, -0.1) is 0 Å². The molecule has 1 aromatic carbocycles. The smallest absolute Gasteiger partial charge is 0.410 e. The molecule has 2 N–H and O–H groups in total. The molecule has 1 amide bonds. The minimum Gasteiger partial charge on any atom is -0.467 e. The van der Waals surface area contributed by atoms with Gasteiger partial charge in [-0.25, -0.2) is 4.68 Å². The zero-order valence-electron chi connectivity index (χ0n) is 14.9. The van der Waals surface area contributed by atoms with Crippen molar-refractivity contribution in [1.82, 2.24) is 15.1 Å². The first-order valence-corrected chi connectivity index (χ1v) is 9.59. The van der Waals surface area contributed by atoms with Gasteiger partial charge in [0.2, 0.25) is 0 Å². The number of amides is 1. The van der Waals surface area contributed by atoms with E-state index in [-0.39, 0.29) is 24.3 Å². The Morgan fingerprint density at radius 2 is 2.07 bits per heavy atom. The average Bonchev–Trinajstić information content (AvgIpc) is 3.35. The van der Waals surface area contributed by atoms with Crippen molar-refractivity contribution in [3.63, 3.8) is 0 Å². The third kappa shape index (κ3) is 4.02. The van der Waals surface area contributed by atoms with Gasteiger partial charge in [0, 0.05) is 10.9 Å². The van der Waals surface area contributed by atoms with Crippen LogP contribution in [0.15, 0.2) is 57.7 Å². The highest BCUT2D eigenvalue weighted by Gasteiger charge is 2.47. The van der Waals surface area contributed by atoms with Gasteiger partial charge in [-0.1, -0.05) is 28.1 Å². The first-order valence-electron chi connectivity index (χ1n) is 8.79. The lowest BCUT2D eigenvalue weighted by atomic mass is 9.96. The standard InChI is InChI=1S/C19H16BrF3N4O2/c20-12-5-3-11(4-6-12)15-8-16(19(21,22)23)27-17(26-15)14(10-25-27)18(28)24-9-13-2-1-7-29-13/h1-7,10,15-16,26H,8-9H2,(H,24,28)/t15-,16+/m1/s1. The van der Waals surface area contributed by atoms with Crippen LogP contribution in [0.5, 0.6) is 0 Å². The summed E-state index contributed by atoms with van der Waals surface area (Å²) in [5.41, 5.74) is 0.740. The van der Waals surface area contributed by atoms with Gasteiger partial charge >= 0.3 is 6.18 Å². The fraction of sp³-hybridized carbons (Fsp3) is 0.263. The quantitative estimate of drug-likeness (QED) is 0.575. The summed E-state index contributed by atoms with van der Waals surface area (Å²) in [6.45, 7) is 0.120. The molecule has 0 unspecified atom stereocenters. The Morgan fingerprint density at radius 3 is 2.72 bits per heavy atom. The Balaban J connectivity index is 1.64. The fourth-order valence-electron chi connectivity index (χ4n) is 3.32. The SMILES string of the molecule is O=C(NCc1ccco1)c1cnn2c1N[C@@H](c1ccc(Br)cc1)C[C@H]2C(F)(F)F. The van der Waals surface area contributed by atoms with Gasteiger partial charge in [0.25, 0.3) is 5.91 Å². The fourth-order valence-corrected chi connectivity index (χ4v) is 3.58. The molecule has 1 aliphatic heterocycles. The second-order valence-electron chi connectivity index (χ2n) is 6.66. The Morgan fingerprint density at radius 1 is 1.31 bits per heavy atom. The van der Waals surface area contributed by atoms with E-state index in [0.717, 1.165) is 15.4 Å². The van der Waals surface area contributed by atoms with E-state index in [2.05, 4.69) is 31.7 Å². The van der Waals surface area contributed by atoms with Crippen molar-refractivity contribution in [2.24, 2.45) is 0 Å². The number of fused-ring (bicyclic) bond motifs is 1. The van der Waals surface area contributed by atoms with Gasteiger partial charge in [-0.05, 0) is 29.8 Å². The normalized spacial score (nSPS) is 18.8. The summed E-state index contributed by atoms with van der Waals surface area (Å²) >= 11 is 3.32. The van der Waals surface area contributed by atoms with Gasteiger partial charge in [-0.2, -0.15) is 18.3 Å². The highest BCUT2D eigenvalue weighted by molar-refractivity contribution is 9.10. The van der Waals surface area contributed by atoms with Crippen molar-refractivity contribution in [3.8, 4) is 0 Å². The largest absolute Gasteiger partial charge is 0.467 e. The molecule has 0 radical (unpaired) electrons. The van der Waals surface area contributed by atoms with Crippen LogP contribution >= 0.6 is 15.9 Å². The van der Waals surface area contributed by atoms with Crippen LogP contribution < -0.4 is 10.6 Å². The molecule has 29 heavy (non-hydrogen) atoms. The van der Waals surface area contributed by atoms with E-state index in [1.54, 1.807) is 36.4 Å². The molecule has 4 rings (SSSR count). The number of anilines is 1. The number of nitrogens with zero attached hydrogens (tertiary/aromatic N) is 2. The number of furan rings is 1. The molecule has 3 heterocycles. The summed E-state index contributed by atoms with van der Waals surface area (Å²) in [6, 6.07) is 7.95. The van der Waals surface area contributed by atoms with Crippen LogP contribution in [-0.2, 0) is 6.54 Å². The lowest BCUT2D eigenvalue weighted by molar-refractivity contribution is -0.173. The van der Waals surface area contributed by atoms with E-state index in [1.807, 2.05) is 0 Å². The predicted molar refractivity (Wildman–Crippen MR) is 102 cm³/mol. The van der Waals surface area contributed by atoms with Crippen molar-refractivity contribution in [2.45, 2.75) is 31.2 Å². The molecule has 0 aliphatic carbocycles. The number of nitrogens with one attached hydrogen (secondary N) is 2. The van der Waals surface area contributed by atoms with Gasteiger partial charge in [-0.3, -0.25) is 4.79 Å². The molecule has 3 aromatic rings. The molecular formula is C19H16BrF3N4O2. The minimum atomic E-state index is -4.50. The molecule has 1 aliphatic rings. The molecule has 0 fully saturated rings. The third-order valence-electron chi connectivity index (χ3n) is 4.76. The van der Waals surface area contributed by atoms with E-state index < -0.39 is 24.2 Å². The molecule has 6 nitrogen and oxygen atoms in total. The number of halogens is 4. The van der Waals surface area contributed by atoms with Crippen LogP contribution in [-0.4, -0.2) is 21.9 Å². The maximum atomic E-state index is 13.7. The first kappa shape index (κ1) is 19.6. The summed E-state index contributed by atoms with van der Waals surface area (Å²) in [5, 5.41) is 9.55. The number of benzene rings is 1. The number of aromatic nitrogens is 2. The van der Waals surface area contributed by atoms with Crippen molar-refractivity contribution in [1.29, 1.82) is 0 Å². The van der Waals surface area contributed by atoms with E-state index >= 15 is 0 Å². The summed E-state index contributed by atoms with van der Waals surface area (Å²) in [6.07, 6.45) is -2.10. The molecule has 0 spiro atoms. The van der Waals surface area contributed by atoms with Gasteiger partial charge in [0.1, 0.15) is 17.1 Å². The van der Waals surface area contributed by atoms with Crippen molar-refractivity contribution < 1.29 is 22.4 Å². The highest BCUT2D eigenvalue weighted by Crippen LogP contribution is 2.44. The number of carbonyl (C=O) groups excluding carboxylic acids is 1. The molecule has 0 saturated heterocycles. The number of hydrogen-bond acceptors (Lipinski definition) is 4. The number of hydrogen-bond donors (Lipinski definition) is 2. The van der Waals surface area contributed by atoms with E-state index in [0.29, 0.717) is 11.3 Å².